The highest BCUT2D eigenvalue weighted by atomic mass is 16.6. The number of imide groups is 1. The number of urea groups is 1. The highest BCUT2D eigenvalue weighted by molar-refractivity contribution is 5.99. The number of amides is 4. The van der Waals surface area contributed by atoms with Crippen molar-refractivity contribution in [3.63, 3.8) is 0 Å². The monoisotopic (exact) mass is 411 g/mol. The van der Waals surface area contributed by atoms with E-state index in [9.17, 15) is 19.5 Å². The summed E-state index contributed by atoms with van der Waals surface area (Å²) < 4.78 is 10.1. The number of nitrogens with one attached hydrogen (secondary N) is 1. The van der Waals surface area contributed by atoms with Crippen molar-refractivity contribution >= 4 is 18.0 Å². The molecule has 0 aromatic carbocycles. The van der Waals surface area contributed by atoms with Gasteiger partial charge >= 0.3 is 12.1 Å². The fourth-order valence-electron chi connectivity index (χ4n) is 3.00. The van der Waals surface area contributed by atoms with Crippen LogP contribution in [0.1, 0.15) is 53.4 Å². The summed E-state index contributed by atoms with van der Waals surface area (Å²) in [6.45, 7) is 8.63. The van der Waals surface area contributed by atoms with Crippen LogP contribution in [0.3, 0.4) is 0 Å². The molecule has 0 spiro atoms. The molecule has 1 aliphatic heterocycles. The SMILES string of the molecule is CC(O)C(NC(=O)OC(C)(C)C)C(=O)N1C(=O)N(Cc2ncno2)CCCC1C. The lowest BCUT2D eigenvalue weighted by atomic mass is 10.1. The van der Waals surface area contributed by atoms with Crippen molar-refractivity contribution in [2.75, 3.05) is 6.54 Å². The van der Waals surface area contributed by atoms with Gasteiger partial charge in [-0.05, 0) is 47.5 Å². The Balaban J connectivity index is 2.20. The molecule has 2 heterocycles. The van der Waals surface area contributed by atoms with Gasteiger partial charge in [0.05, 0.1) is 6.10 Å². The van der Waals surface area contributed by atoms with Crippen LogP contribution in [0.2, 0.25) is 0 Å². The van der Waals surface area contributed by atoms with Crippen LogP contribution in [0.15, 0.2) is 10.9 Å². The van der Waals surface area contributed by atoms with Crippen molar-refractivity contribution in [2.24, 2.45) is 0 Å². The van der Waals surface area contributed by atoms with Crippen LogP contribution in [0.5, 0.6) is 0 Å². The summed E-state index contributed by atoms with van der Waals surface area (Å²) in [5.41, 5.74) is -0.775. The average Bonchev–Trinajstić information content (AvgIpc) is 3.05. The second-order valence-electron chi connectivity index (χ2n) is 8.10. The van der Waals surface area contributed by atoms with E-state index in [4.69, 9.17) is 9.26 Å². The predicted octanol–water partition coefficient (Wildman–Crippen LogP) is 1.28. The van der Waals surface area contributed by atoms with Crippen molar-refractivity contribution < 1.29 is 28.8 Å². The van der Waals surface area contributed by atoms with Crippen molar-refractivity contribution in [3.8, 4) is 0 Å². The Morgan fingerprint density at radius 1 is 1.45 bits per heavy atom. The maximum absolute atomic E-state index is 13.2. The molecule has 11 heteroatoms. The number of aliphatic hydroxyl groups is 1. The van der Waals surface area contributed by atoms with E-state index in [1.54, 1.807) is 27.7 Å². The molecule has 1 fully saturated rings. The van der Waals surface area contributed by atoms with Gasteiger partial charge in [0, 0.05) is 12.6 Å². The summed E-state index contributed by atoms with van der Waals surface area (Å²) >= 11 is 0. The van der Waals surface area contributed by atoms with Gasteiger partial charge in [0.2, 0.25) is 5.89 Å². The molecule has 2 rings (SSSR count). The zero-order valence-electron chi connectivity index (χ0n) is 17.4. The molecule has 4 amide bonds. The van der Waals surface area contributed by atoms with Gasteiger partial charge in [-0.25, -0.2) is 9.59 Å². The van der Waals surface area contributed by atoms with Gasteiger partial charge in [-0.3, -0.25) is 9.69 Å². The maximum Gasteiger partial charge on any atom is 0.408 e. The number of hydrogen-bond acceptors (Lipinski definition) is 8. The Morgan fingerprint density at radius 3 is 2.69 bits per heavy atom. The minimum atomic E-state index is -1.33. The number of aliphatic hydroxyl groups excluding tert-OH is 1. The molecule has 162 valence electrons. The second-order valence-corrected chi connectivity index (χ2v) is 8.10. The van der Waals surface area contributed by atoms with Gasteiger partial charge in [-0.15, -0.1) is 0 Å². The normalized spacial score (nSPS) is 20.1. The van der Waals surface area contributed by atoms with Crippen molar-refractivity contribution in [1.82, 2.24) is 25.3 Å². The maximum atomic E-state index is 13.2. The van der Waals surface area contributed by atoms with Gasteiger partial charge in [0.1, 0.15) is 18.2 Å². The van der Waals surface area contributed by atoms with Gasteiger partial charge in [0.15, 0.2) is 6.33 Å². The van der Waals surface area contributed by atoms with Gasteiger partial charge in [0.25, 0.3) is 5.91 Å². The van der Waals surface area contributed by atoms with Gasteiger partial charge in [-0.2, -0.15) is 4.98 Å². The zero-order valence-corrected chi connectivity index (χ0v) is 17.4. The van der Waals surface area contributed by atoms with Crippen molar-refractivity contribution in [1.29, 1.82) is 0 Å². The highest BCUT2D eigenvalue weighted by Gasteiger charge is 2.40. The third kappa shape index (κ3) is 6.14. The number of carbonyl (C=O) groups is 3. The quantitative estimate of drug-likeness (QED) is 0.739. The van der Waals surface area contributed by atoms with E-state index in [-0.39, 0.29) is 12.4 Å². The molecule has 0 aliphatic carbocycles. The third-order valence-electron chi connectivity index (χ3n) is 4.36. The summed E-state index contributed by atoms with van der Waals surface area (Å²) in [5.74, 6) is -0.458. The molecule has 0 radical (unpaired) electrons. The second kappa shape index (κ2) is 9.21. The third-order valence-corrected chi connectivity index (χ3v) is 4.36. The fraction of sp³-hybridized carbons (Fsp3) is 0.722. The first-order valence-corrected chi connectivity index (χ1v) is 9.54. The van der Waals surface area contributed by atoms with Crippen molar-refractivity contribution in [3.05, 3.63) is 12.2 Å². The van der Waals surface area contributed by atoms with Crippen LogP contribution in [0, 0.1) is 0 Å². The molecular formula is C18H29N5O6. The molecule has 1 aromatic rings. The Labute approximate surface area is 169 Å². The molecule has 2 N–H and O–H groups in total. The van der Waals surface area contributed by atoms with Crippen LogP contribution in [0.4, 0.5) is 9.59 Å². The van der Waals surface area contributed by atoms with Crippen LogP contribution in [0.25, 0.3) is 0 Å². The molecule has 1 aromatic heterocycles. The summed E-state index contributed by atoms with van der Waals surface area (Å²) in [5, 5.41) is 16.0. The molecule has 0 saturated carbocycles. The largest absolute Gasteiger partial charge is 0.444 e. The van der Waals surface area contributed by atoms with Gasteiger partial charge in [-0.1, -0.05) is 5.16 Å². The number of alkyl carbamates (subject to hydrolysis) is 1. The first-order chi connectivity index (χ1) is 13.5. The number of nitrogens with zero attached hydrogens (tertiary/aromatic N) is 4. The van der Waals surface area contributed by atoms with E-state index >= 15 is 0 Å². The fourth-order valence-corrected chi connectivity index (χ4v) is 3.00. The van der Waals surface area contributed by atoms with E-state index in [1.165, 1.54) is 18.2 Å². The number of aromatic nitrogens is 2. The summed E-state index contributed by atoms with van der Waals surface area (Å²) in [7, 11) is 0. The summed E-state index contributed by atoms with van der Waals surface area (Å²) in [4.78, 5) is 44.8. The van der Waals surface area contributed by atoms with Crippen LogP contribution < -0.4 is 5.32 Å². The molecule has 11 nitrogen and oxygen atoms in total. The molecular weight excluding hydrogens is 382 g/mol. The summed E-state index contributed by atoms with van der Waals surface area (Å²) in [6.07, 6.45) is 0.398. The van der Waals surface area contributed by atoms with Crippen LogP contribution in [-0.2, 0) is 16.1 Å². The van der Waals surface area contributed by atoms with E-state index < -0.39 is 41.8 Å². The minimum absolute atomic E-state index is 0.0637. The number of hydrogen-bond donors (Lipinski definition) is 2. The molecule has 3 unspecified atom stereocenters. The molecule has 1 saturated heterocycles. The van der Waals surface area contributed by atoms with Crippen molar-refractivity contribution in [2.45, 2.75) is 77.8 Å². The van der Waals surface area contributed by atoms with Crippen LogP contribution in [-0.4, -0.2) is 73.4 Å². The lowest BCUT2D eigenvalue weighted by Gasteiger charge is -2.33. The molecule has 1 aliphatic rings. The minimum Gasteiger partial charge on any atom is -0.444 e. The standard InChI is InChI=1S/C18H29N5O6/c1-11-7-6-8-22(9-13-19-10-20-29-13)17(27)23(11)15(25)14(12(2)24)21-16(26)28-18(3,4)5/h10-12,14,24H,6-9H2,1-5H3,(H,21,26). The average molecular weight is 411 g/mol. The molecule has 0 bridgehead atoms. The first kappa shape index (κ1) is 22.6. The van der Waals surface area contributed by atoms with E-state index in [1.807, 2.05) is 0 Å². The lowest BCUT2D eigenvalue weighted by molar-refractivity contribution is -0.135. The molecule has 3 atom stereocenters. The Bertz CT molecular complexity index is 715. The van der Waals surface area contributed by atoms with Crippen LogP contribution >= 0.6 is 0 Å². The van der Waals surface area contributed by atoms with E-state index in [2.05, 4.69) is 15.5 Å². The Hall–Kier alpha value is -2.69. The number of ether oxygens (including phenoxy) is 1. The van der Waals surface area contributed by atoms with E-state index in [0.717, 1.165) is 4.90 Å². The predicted molar refractivity (Wildman–Crippen MR) is 100 cm³/mol. The van der Waals surface area contributed by atoms with E-state index in [0.29, 0.717) is 19.4 Å². The lowest BCUT2D eigenvalue weighted by Crippen LogP contribution is -2.59. The van der Waals surface area contributed by atoms with Gasteiger partial charge < -0.3 is 24.6 Å². The molecule has 29 heavy (non-hydrogen) atoms. The number of rotatable bonds is 5. The zero-order chi connectivity index (χ0) is 21.8. The smallest absolute Gasteiger partial charge is 0.408 e. The number of carbonyl (C=O) groups excluding carboxylic acids is 3. The summed E-state index contributed by atoms with van der Waals surface area (Å²) in [6, 6.07) is -2.29. The Kier molecular flexibility index (Phi) is 7.17. The Morgan fingerprint density at radius 2 is 2.14 bits per heavy atom. The first-order valence-electron chi connectivity index (χ1n) is 9.54. The highest BCUT2D eigenvalue weighted by Crippen LogP contribution is 2.20. The topological polar surface area (TPSA) is 138 Å².